The number of ether oxygens (including phenoxy) is 1. The average Bonchev–Trinajstić information content (AvgIpc) is 3.15. The number of nitro benzene ring substituents is 1. The molecule has 29 heavy (non-hydrogen) atoms. The fourth-order valence-electron chi connectivity index (χ4n) is 2.65. The van der Waals surface area contributed by atoms with Crippen molar-refractivity contribution in [2.24, 2.45) is 4.99 Å². The topological polar surface area (TPSA) is 103 Å². The third kappa shape index (κ3) is 4.29. The van der Waals surface area contributed by atoms with Gasteiger partial charge in [-0.2, -0.15) is 0 Å². The normalized spacial score (nSPS) is 10.9. The summed E-state index contributed by atoms with van der Waals surface area (Å²) in [6.45, 7) is 0. The van der Waals surface area contributed by atoms with Crippen molar-refractivity contribution in [3.05, 3.63) is 76.2 Å². The number of nitrogens with zero attached hydrogens (tertiary/aromatic N) is 5. The first-order chi connectivity index (χ1) is 13.9. The lowest BCUT2D eigenvalue weighted by Crippen LogP contribution is -2.10. The van der Waals surface area contributed by atoms with Gasteiger partial charge in [-0.1, -0.05) is 12.1 Å². The fourth-order valence-corrected chi connectivity index (χ4v) is 2.65. The van der Waals surface area contributed by atoms with Crippen molar-refractivity contribution in [1.82, 2.24) is 14.5 Å². The Labute approximate surface area is 167 Å². The lowest BCUT2D eigenvalue weighted by molar-refractivity contribution is -0.384. The lowest BCUT2D eigenvalue weighted by atomic mass is 10.1. The molecule has 0 amide bonds. The maximum Gasteiger partial charge on any atom is 0.270 e. The Bertz CT molecular complexity index is 1070. The Morgan fingerprint density at radius 2 is 1.97 bits per heavy atom. The zero-order valence-electron chi connectivity index (χ0n) is 16.1. The molecule has 0 aliphatic heterocycles. The Morgan fingerprint density at radius 3 is 2.59 bits per heavy atom. The molecule has 0 bridgehead atoms. The largest absolute Gasteiger partial charge is 0.497 e. The van der Waals surface area contributed by atoms with Crippen LogP contribution in [0.25, 0.3) is 5.69 Å². The summed E-state index contributed by atoms with van der Waals surface area (Å²) in [4.78, 5) is 34.1. The SMILES string of the molecule is COc1ccc(-n2cnc(/N=C/N(C)C)c2C(=O)c2cccc([N+](=O)[O-])c2)cc1. The molecule has 0 aliphatic carbocycles. The predicted molar refractivity (Wildman–Crippen MR) is 108 cm³/mol. The molecule has 9 heteroatoms. The zero-order valence-corrected chi connectivity index (χ0v) is 16.1. The molecule has 0 aliphatic rings. The van der Waals surface area contributed by atoms with Gasteiger partial charge in [-0.3, -0.25) is 19.5 Å². The van der Waals surface area contributed by atoms with Gasteiger partial charge in [0.1, 0.15) is 17.8 Å². The molecule has 0 saturated heterocycles. The number of rotatable bonds is 7. The minimum Gasteiger partial charge on any atom is -0.497 e. The quantitative estimate of drug-likeness (QED) is 0.201. The van der Waals surface area contributed by atoms with E-state index in [-0.39, 0.29) is 22.8 Å². The van der Waals surface area contributed by atoms with Crippen molar-refractivity contribution < 1.29 is 14.5 Å². The summed E-state index contributed by atoms with van der Waals surface area (Å²) in [5, 5.41) is 11.1. The molecule has 0 saturated carbocycles. The van der Waals surface area contributed by atoms with E-state index in [1.54, 1.807) is 54.9 Å². The van der Waals surface area contributed by atoms with Gasteiger partial charge in [0.05, 0.1) is 18.4 Å². The second kappa shape index (κ2) is 8.34. The van der Waals surface area contributed by atoms with Gasteiger partial charge >= 0.3 is 0 Å². The number of aromatic nitrogens is 2. The standard InChI is InChI=1S/C20H19N5O4/c1-23(2)12-21-20-18(19(26)14-5-4-6-16(11-14)25(27)28)24(13-22-20)15-7-9-17(29-3)10-8-15/h4-13H,1-3H3/b21-12+. The smallest absolute Gasteiger partial charge is 0.270 e. The van der Waals surface area contributed by atoms with E-state index >= 15 is 0 Å². The molecule has 1 heterocycles. The van der Waals surface area contributed by atoms with Crippen molar-refractivity contribution in [2.45, 2.75) is 0 Å². The lowest BCUT2D eigenvalue weighted by Gasteiger charge is -2.09. The zero-order chi connectivity index (χ0) is 21.0. The van der Waals surface area contributed by atoms with E-state index in [9.17, 15) is 14.9 Å². The van der Waals surface area contributed by atoms with Gasteiger partial charge in [0.15, 0.2) is 5.82 Å². The molecule has 0 radical (unpaired) electrons. The number of hydrogen-bond acceptors (Lipinski definition) is 6. The Morgan fingerprint density at radius 1 is 1.24 bits per heavy atom. The van der Waals surface area contributed by atoms with Crippen LogP contribution in [-0.4, -0.2) is 52.7 Å². The van der Waals surface area contributed by atoms with Crippen molar-refractivity contribution in [2.75, 3.05) is 21.2 Å². The number of methoxy groups -OCH3 is 1. The van der Waals surface area contributed by atoms with Crippen LogP contribution in [0.5, 0.6) is 5.75 Å². The monoisotopic (exact) mass is 393 g/mol. The van der Waals surface area contributed by atoms with Gasteiger partial charge in [0.25, 0.3) is 5.69 Å². The highest BCUT2D eigenvalue weighted by Gasteiger charge is 2.22. The number of carbonyl (C=O) groups is 1. The van der Waals surface area contributed by atoms with Crippen LogP contribution in [0.3, 0.4) is 0 Å². The van der Waals surface area contributed by atoms with Crippen molar-refractivity contribution >= 4 is 23.6 Å². The van der Waals surface area contributed by atoms with E-state index in [1.165, 1.54) is 36.9 Å². The molecular formula is C20H19N5O4. The number of non-ortho nitro benzene ring substituents is 1. The Balaban J connectivity index is 2.13. The highest BCUT2D eigenvalue weighted by Crippen LogP contribution is 2.26. The van der Waals surface area contributed by atoms with E-state index in [0.717, 1.165) is 0 Å². The van der Waals surface area contributed by atoms with Crippen LogP contribution >= 0.6 is 0 Å². The van der Waals surface area contributed by atoms with Crippen LogP contribution in [0.4, 0.5) is 11.5 Å². The minimum atomic E-state index is -0.539. The van der Waals surface area contributed by atoms with Crippen LogP contribution < -0.4 is 4.74 Å². The van der Waals surface area contributed by atoms with Crippen molar-refractivity contribution in [1.29, 1.82) is 0 Å². The number of imidazole rings is 1. The summed E-state index contributed by atoms with van der Waals surface area (Å²) in [7, 11) is 5.16. The van der Waals surface area contributed by atoms with Gasteiger partial charge in [-0.15, -0.1) is 0 Å². The molecule has 0 spiro atoms. The second-order valence-corrected chi connectivity index (χ2v) is 6.33. The molecule has 2 aromatic carbocycles. The maximum atomic E-state index is 13.3. The third-order valence-electron chi connectivity index (χ3n) is 4.04. The molecular weight excluding hydrogens is 374 g/mol. The maximum absolute atomic E-state index is 13.3. The summed E-state index contributed by atoms with van der Waals surface area (Å²) in [6, 6.07) is 12.7. The van der Waals surface area contributed by atoms with Crippen LogP contribution in [-0.2, 0) is 0 Å². The van der Waals surface area contributed by atoms with Crippen molar-refractivity contribution in [3.63, 3.8) is 0 Å². The molecule has 0 unspecified atom stereocenters. The molecule has 148 valence electrons. The van der Waals surface area contributed by atoms with E-state index in [1.807, 2.05) is 0 Å². The van der Waals surface area contributed by atoms with Crippen LogP contribution in [0.2, 0.25) is 0 Å². The predicted octanol–water partition coefficient (Wildman–Crippen LogP) is 3.24. The van der Waals surface area contributed by atoms with Gasteiger partial charge in [-0.05, 0) is 24.3 Å². The first-order valence-electron chi connectivity index (χ1n) is 8.62. The molecule has 0 atom stereocenters. The average molecular weight is 393 g/mol. The first kappa shape index (κ1) is 19.7. The molecule has 0 fully saturated rings. The molecule has 3 rings (SSSR count). The van der Waals surface area contributed by atoms with E-state index in [2.05, 4.69) is 9.98 Å². The number of hydrogen-bond donors (Lipinski definition) is 0. The number of aliphatic imine (C=N–C) groups is 1. The molecule has 9 nitrogen and oxygen atoms in total. The summed E-state index contributed by atoms with van der Waals surface area (Å²) in [5.41, 5.74) is 0.896. The molecule has 3 aromatic rings. The van der Waals surface area contributed by atoms with Gasteiger partial charge in [0, 0.05) is 37.5 Å². The highest BCUT2D eigenvalue weighted by atomic mass is 16.6. The second-order valence-electron chi connectivity index (χ2n) is 6.33. The Kier molecular flexibility index (Phi) is 5.68. The Hall–Kier alpha value is -4.01. The fraction of sp³-hybridized carbons (Fsp3) is 0.150. The highest BCUT2D eigenvalue weighted by molar-refractivity contribution is 6.11. The first-order valence-corrected chi connectivity index (χ1v) is 8.62. The number of carbonyl (C=O) groups excluding carboxylic acids is 1. The summed E-state index contributed by atoms with van der Waals surface area (Å²) < 4.78 is 6.77. The number of nitro groups is 1. The number of ketones is 1. The summed E-state index contributed by atoms with van der Waals surface area (Å²) >= 11 is 0. The molecule has 1 aromatic heterocycles. The van der Waals surface area contributed by atoms with Crippen LogP contribution in [0.1, 0.15) is 16.1 Å². The van der Waals surface area contributed by atoms with E-state index in [0.29, 0.717) is 11.4 Å². The van der Waals surface area contributed by atoms with Gasteiger partial charge in [0.2, 0.25) is 5.78 Å². The number of benzene rings is 2. The van der Waals surface area contributed by atoms with E-state index < -0.39 is 10.7 Å². The van der Waals surface area contributed by atoms with Gasteiger partial charge in [-0.25, -0.2) is 9.98 Å². The minimum absolute atomic E-state index is 0.162. The van der Waals surface area contributed by atoms with Crippen LogP contribution in [0.15, 0.2) is 59.9 Å². The third-order valence-corrected chi connectivity index (χ3v) is 4.04. The molecule has 0 N–H and O–H groups in total. The summed E-state index contributed by atoms with van der Waals surface area (Å²) in [6.07, 6.45) is 3.03. The van der Waals surface area contributed by atoms with Crippen molar-refractivity contribution in [3.8, 4) is 11.4 Å². The van der Waals surface area contributed by atoms with Crippen LogP contribution in [0, 0.1) is 10.1 Å². The van der Waals surface area contributed by atoms with E-state index in [4.69, 9.17) is 4.74 Å². The van der Waals surface area contributed by atoms with Gasteiger partial charge < -0.3 is 9.64 Å². The summed E-state index contributed by atoms with van der Waals surface area (Å²) in [5.74, 6) is 0.463.